The van der Waals surface area contributed by atoms with Gasteiger partial charge in [0, 0.05) is 19.3 Å². The fourth-order valence-electron chi connectivity index (χ4n) is 1.69. The van der Waals surface area contributed by atoms with Crippen molar-refractivity contribution in [2.75, 3.05) is 25.4 Å². The molecule has 0 radical (unpaired) electrons. The van der Waals surface area contributed by atoms with E-state index in [9.17, 15) is 4.79 Å². The number of nitrogens with zero attached hydrogens (tertiary/aromatic N) is 2. The molecular weight excluding hydrogens is 282 g/mol. The van der Waals surface area contributed by atoms with E-state index in [0.717, 1.165) is 25.2 Å². The topological polar surface area (TPSA) is 51.3 Å². The number of hydrogen-bond donors (Lipinski definition) is 1. The van der Waals surface area contributed by atoms with Gasteiger partial charge in [-0.1, -0.05) is 13.8 Å². The summed E-state index contributed by atoms with van der Waals surface area (Å²) in [5, 5.41) is 0. The van der Waals surface area contributed by atoms with Gasteiger partial charge in [-0.05, 0) is 41.5 Å². The first-order valence-electron chi connectivity index (χ1n) is 5.88. The Bertz CT molecular complexity index is 438. The number of rotatable bonds is 5. The summed E-state index contributed by atoms with van der Waals surface area (Å²) in [5.74, 6) is 0. The predicted molar refractivity (Wildman–Crippen MR) is 75.3 cm³/mol. The lowest BCUT2D eigenvalue weighted by atomic mass is 10.2. The van der Waals surface area contributed by atoms with E-state index in [1.807, 2.05) is 6.92 Å². The summed E-state index contributed by atoms with van der Waals surface area (Å²) < 4.78 is 2.24. The van der Waals surface area contributed by atoms with E-state index in [-0.39, 0.29) is 5.56 Å². The fourth-order valence-corrected chi connectivity index (χ4v) is 2.15. The molecule has 0 amide bonds. The zero-order valence-electron chi connectivity index (χ0n) is 10.7. The molecule has 0 aliphatic carbocycles. The number of likely N-dealkylation sites (N-methyl/N-ethyl adjacent to an activating group) is 1. The average molecular weight is 302 g/mol. The summed E-state index contributed by atoms with van der Waals surface area (Å²) in [7, 11) is 0. The van der Waals surface area contributed by atoms with Crippen molar-refractivity contribution in [3.05, 3.63) is 26.6 Å². The van der Waals surface area contributed by atoms with E-state index in [1.165, 1.54) is 0 Å². The first kappa shape index (κ1) is 14.3. The Labute approximate surface area is 111 Å². The summed E-state index contributed by atoms with van der Waals surface area (Å²) in [5.41, 5.74) is 7.31. The largest absolute Gasteiger partial charge is 0.397 e. The Balaban J connectivity index is 2.89. The molecule has 4 nitrogen and oxygen atoms in total. The highest BCUT2D eigenvalue weighted by atomic mass is 79.9. The highest BCUT2D eigenvalue weighted by Gasteiger charge is 2.08. The molecule has 2 N–H and O–H groups in total. The summed E-state index contributed by atoms with van der Waals surface area (Å²) in [4.78, 5) is 14.2. The maximum absolute atomic E-state index is 12.0. The third kappa shape index (κ3) is 3.33. The molecule has 1 aromatic heterocycles. The van der Waals surface area contributed by atoms with Crippen molar-refractivity contribution < 1.29 is 0 Å². The predicted octanol–water partition coefficient (Wildman–Crippen LogP) is 1.84. The van der Waals surface area contributed by atoms with Crippen molar-refractivity contribution in [1.29, 1.82) is 0 Å². The van der Waals surface area contributed by atoms with Gasteiger partial charge in [0.1, 0.15) is 0 Å². The van der Waals surface area contributed by atoms with Crippen LogP contribution in [0, 0.1) is 6.92 Å². The van der Waals surface area contributed by atoms with Crippen LogP contribution in [0.2, 0.25) is 0 Å². The Kier molecular flexibility index (Phi) is 5.21. The molecule has 1 heterocycles. The standard InChI is InChI=1S/C12H20BrN3O/c1-4-15(5-2)6-7-16-8-10(14)9(3)11(13)12(16)17/h8H,4-7,14H2,1-3H3. The lowest BCUT2D eigenvalue weighted by molar-refractivity contribution is 0.289. The molecule has 0 aromatic carbocycles. The first-order valence-corrected chi connectivity index (χ1v) is 6.67. The van der Waals surface area contributed by atoms with Crippen molar-refractivity contribution in [2.24, 2.45) is 0 Å². The number of nitrogen functional groups attached to an aromatic ring is 1. The van der Waals surface area contributed by atoms with Gasteiger partial charge in [-0.25, -0.2) is 0 Å². The SMILES string of the molecule is CCN(CC)CCn1cc(N)c(C)c(Br)c1=O. The third-order valence-electron chi connectivity index (χ3n) is 3.06. The molecule has 0 fully saturated rings. The molecule has 0 spiro atoms. The maximum atomic E-state index is 12.0. The van der Waals surface area contributed by atoms with Gasteiger partial charge in [0.2, 0.25) is 0 Å². The molecule has 0 atom stereocenters. The number of nitrogens with two attached hydrogens (primary N) is 1. The van der Waals surface area contributed by atoms with Gasteiger partial charge in [0.25, 0.3) is 5.56 Å². The van der Waals surface area contributed by atoms with Crippen LogP contribution in [0.25, 0.3) is 0 Å². The molecule has 1 rings (SSSR count). The molecule has 0 unspecified atom stereocenters. The first-order chi connectivity index (χ1) is 8.01. The second-order valence-electron chi connectivity index (χ2n) is 4.05. The van der Waals surface area contributed by atoms with Crippen molar-refractivity contribution in [3.8, 4) is 0 Å². The van der Waals surface area contributed by atoms with Gasteiger partial charge >= 0.3 is 0 Å². The van der Waals surface area contributed by atoms with Crippen molar-refractivity contribution in [1.82, 2.24) is 9.47 Å². The van der Waals surface area contributed by atoms with Gasteiger partial charge in [0.15, 0.2) is 0 Å². The van der Waals surface area contributed by atoms with Crippen molar-refractivity contribution in [3.63, 3.8) is 0 Å². The Hall–Kier alpha value is -0.810. The van der Waals surface area contributed by atoms with Crippen LogP contribution in [-0.4, -0.2) is 29.1 Å². The van der Waals surface area contributed by atoms with Crippen LogP contribution in [-0.2, 0) is 6.54 Å². The van der Waals surface area contributed by atoms with Crippen LogP contribution in [0.15, 0.2) is 15.5 Å². The van der Waals surface area contributed by atoms with Crippen LogP contribution in [0.1, 0.15) is 19.4 Å². The second-order valence-corrected chi connectivity index (χ2v) is 4.84. The summed E-state index contributed by atoms with van der Waals surface area (Å²) in [6.07, 6.45) is 1.73. The Morgan fingerprint density at radius 2 is 2.00 bits per heavy atom. The van der Waals surface area contributed by atoms with Crippen LogP contribution >= 0.6 is 15.9 Å². The van der Waals surface area contributed by atoms with Crippen LogP contribution in [0.4, 0.5) is 5.69 Å². The molecule has 0 aliphatic heterocycles. The molecule has 0 saturated carbocycles. The molecule has 17 heavy (non-hydrogen) atoms. The van der Waals surface area contributed by atoms with Crippen LogP contribution < -0.4 is 11.3 Å². The lowest BCUT2D eigenvalue weighted by Gasteiger charge is -2.19. The number of anilines is 1. The van der Waals surface area contributed by atoms with E-state index >= 15 is 0 Å². The summed E-state index contributed by atoms with van der Waals surface area (Å²) in [6.45, 7) is 9.60. The minimum absolute atomic E-state index is 0.0103. The minimum atomic E-state index is -0.0103. The number of pyridine rings is 1. The van der Waals surface area contributed by atoms with Crippen LogP contribution in [0.3, 0.4) is 0 Å². The van der Waals surface area contributed by atoms with Gasteiger partial charge in [0.05, 0.1) is 10.2 Å². The summed E-state index contributed by atoms with van der Waals surface area (Å²) >= 11 is 3.30. The fraction of sp³-hybridized carbons (Fsp3) is 0.583. The van der Waals surface area contributed by atoms with Crippen molar-refractivity contribution in [2.45, 2.75) is 27.3 Å². The van der Waals surface area contributed by atoms with Crippen molar-refractivity contribution >= 4 is 21.6 Å². The maximum Gasteiger partial charge on any atom is 0.265 e. The Morgan fingerprint density at radius 1 is 1.41 bits per heavy atom. The van der Waals surface area contributed by atoms with Gasteiger partial charge in [-0.15, -0.1) is 0 Å². The normalized spacial score (nSPS) is 11.1. The smallest absolute Gasteiger partial charge is 0.265 e. The lowest BCUT2D eigenvalue weighted by Crippen LogP contribution is -2.31. The Morgan fingerprint density at radius 3 is 2.53 bits per heavy atom. The monoisotopic (exact) mass is 301 g/mol. The van der Waals surface area contributed by atoms with E-state index < -0.39 is 0 Å². The van der Waals surface area contributed by atoms with Gasteiger partial charge in [-0.2, -0.15) is 0 Å². The molecule has 0 saturated heterocycles. The number of hydrogen-bond acceptors (Lipinski definition) is 3. The third-order valence-corrected chi connectivity index (χ3v) is 3.99. The molecule has 96 valence electrons. The van der Waals surface area contributed by atoms with E-state index in [4.69, 9.17) is 5.73 Å². The highest BCUT2D eigenvalue weighted by molar-refractivity contribution is 9.10. The van der Waals surface area contributed by atoms with E-state index in [2.05, 4.69) is 34.7 Å². The quantitative estimate of drug-likeness (QED) is 0.903. The molecule has 1 aromatic rings. The molecule has 5 heteroatoms. The van der Waals surface area contributed by atoms with Gasteiger partial charge < -0.3 is 15.2 Å². The van der Waals surface area contributed by atoms with Crippen LogP contribution in [0.5, 0.6) is 0 Å². The second kappa shape index (κ2) is 6.21. The van der Waals surface area contributed by atoms with Gasteiger partial charge in [-0.3, -0.25) is 4.79 Å². The molecular formula is C12H20BrN3O. The minimum Gasteiger partial charge on any atom is -0.397 e. The zero-order valence-corrected chi connectivity index (χ0v) is 12.2. The average Bonchev–Trinajstić information content (AvgIpc) is 2.33. The molecule has 0 aliphatic rings. The van der Waals surface area contributed by atoms with E-state index in [1.54, 1.807) is 10.8 Å². The summed E-state index contributed by atoms with van der Waals surface area (Å²) in [6, 6.07) is 0. The molecule has 0 bridgehead atoms. The number of halogens is 1. The van der Waals surface area contributed by atoms with E-state index in [0.29, 0.717) is 16.7 Å². The zero-order chi connectivity index (χ0) is 13.0. The number of aromatic nitrogens is 1. The highest BCUT2D eigenvalue weighted by Crippen LogP contribution is 2.16.